The van der Waals surface area contributed by atoms with Crippen LogP contribution in [0.25, 0.3) is 0 Å². The van der Waals surface area contributed by atoms with Crippen molar-refractivity contribution in [2.24, 2.45) is 0 Å². The minimum atomic E-state index is -4.30. The fraction of sp³-hybridized carbons (Fsp3) is 0.625. The normalized spacial score (nSPS) is 15.2. The highest BCUT2D eigenvalue weighted by Crippen LogP contribution is 2.30. The van der Waals surface area contributed by atoms with E-state index in [9.17, 15) is 13.2 Å². The second kappa shape index (κ2) is 7.80. The van der Waals surface area contributed by atoms with E-state index in [-0.39, 0.29) is 6.04 Å². The van der Waals surface area contributed by atoms with Crippen LogP contribution in [0.15, 0.2) is 24.3 Å². The molecule has 0 saturated carbocycles. The minimum absolute atomic E-state index is 0.114. The zero-order valence-electron chi connectivity index (χ0n) is 13.2. The van der Waals surface area contributed by atoms with Crippen molar-refractivity contribution in [3.8, 4) is 0 Å². The molecule has 1 rings (SSSR count). The van der Waals surface area contributed by atoms with Gasteiger partial charge < -0.3 is 10.2 Å². The lowest BCUT2D eigenvalue weighted by Crippen LogP contribution is -2.36. The Hall–Kier alpha value is -1.07. The minimum Gasteiger partial charge on any atom is -0.312 e. The van der Waals surface area contributed by atoms with Crippen LogP contribution in [0.2, 0.25) is 0 Å². The van der Waals surface area contributed by atoms with Gasteiger partial charge in [0.25, 0.3) is 0 Å². The monoisotopic (exact) mass is 302 g/mol. The molecule has 0 aliphatic rings. The molecule has 0 aliphatic heterocycles. The van der Waals surface area contributed by atoms with Gasteiger partial charge in [-0.3, -0.25) is 0 Å². The zero-order valence-corrected chi connectivity index (χ0v) is 13.2. The molecule has 2 unspecified atom stereocenters. The van der Waals surface area contributed by atoms with Crippen LogP contribution in [0.4, 0.5) is 13.2 Å². The van der Waals surface area contributed by atoms with Crippen molar-refractivity contribution in [2.75, 3.05) is 20.6 Å². The lowest BCUT2D eigenvalue weighted by atomic mass is 10.0. The fourth-order valence-electron chi connectivity index (χ4n) is 2.40. The van der Waals surface area contributed by atoms with Gasteiger partial charge in [0.2, 0.25) is 0 Å². The van der Waals surface area contributed by atoms with E-state index >= 15 is 0 Å². The molecule has 0 aliphatic carbocycles. The molecule has 5 heteroatoms. The summed E-state index contributed by atoms with van der Waals surface area (Å²) in [6.07, 6.45) is -2.12. The first-order chi connectivity index (χ1) is 9.79. The number of nitrogens with zero attached hydrogens (tertiary/aromatic N) is 1. The molecule has 0 spiro atoms. The lowest BCUT2D eigenvalue weighted by Gasteiger charge is -2.29. The largest absolute Gasteiger partial charge is 0.416 e. The number of hydrogen-bond acceptors (Lipinski definition) is 2. The molecule has 0 fully saturated rings. The summed E-state index contributed by atoms with van der Waals surface area (Å²) >= 11 is 0. The van der Waals surface area contributed by atoms with Crippen molar-refractivity contribution in [2.45, 2.75) is 44.9 Å². The Morgan fingerprint density at radius 3 is 2.48 bits per heavy atom. The molecule has 21 heavy (non-hydrogen) atoms. The number of nitrogens with one attached hydrogen (secondary N) is 1. The third-order valence-corrected chi connectivity index (χ3v) is 3.89. The maximum atomic E-state index is 12.8. The van der Waals surface area contributed by atoms with E-state index in [1.807, 2.05) is 7.05 Å². The molecule has 0 saturated heterocycles. The third-order valence-electron chi connectivity index (χ3n) is 3.89. The van der Waals surface area contributed by atoms with E-state index in [2.05, 4.69) is 24.1 Å². The fourth-order valence-corrected chi connectivity index (χ4v) is 2.40. The second-order valence-corrected chi connectivity index (χ2v) is 5.54. The molecular formula is C16H25F3N2. The van der Waals surface area contributed by atoms with Gasteiger partial charge in [-0.05, 0) is 45.1 Å². The molecular weight excluding hydrogens is 277 g/mol. The average molecular weight is 302 g/mol. The molecule has 0 bridgehead atoms. The van der Waals surface area contributed by atoms with Crippen LogP contribution >= 0.6 is 0 Å². The molecule has 1 aromatic rings. The molecule has 1 aromatic carbocycles. The molecule has 2 nitrogen and oxygen atoms in total. The number of alkyl halides is 3. The first-order valence-electron chi connectivity index (χ1n) is 7.34. The van der Waals surface area contributed by atoms with E-state index in [1.165, 1.54) is 12.1 Å². The average Bonchev–Trinajstić information content (AvgIpc) is 2.44. The lowest BCUT2D eigenvalue weighted by molar-refractivity contribution is -0.137. The Labute approximate surface area is 125 Å². The highest BCUT2D eigenvalue weighted by Gasteiger charge is 2.31. The summed E-state index contributed by atoms with van der Waals surface area (Å²) in [6.45, 7) is 4.95. The van der Waals surface area contributed by atoms with Crippen molar-refractivity contribution in [1.82, 2.24) is 10.2 Å². The maximum absolute atomic E-state index is 12.8. The van der Waals surface area contributed by atoms with Crippen LogP contribution in [0.5, 0.6) is 0 Å². The van der Waals surface area contributed by atoms with Gasteiger partial charge in [0.1, 0.15) is 0 Å². The van der Waals surface area contributed by atoms with E-state index in [0.717, 1.165) is 18.9 Å². The van der Waals surface area contributed by atoms with Crippen LogP contribution in [0, 0.1) is 0 Å². The van der Waals surface area contributed by atoms with Crippen molar-refractivity contribution >= 4 is 0 Å². The molecule has 0 aromatic heterocycles. The summed E-state index contributed by atoms with van der Waals surface area (Å²) in [5.41, 5.74) is 0.0763. The number of likely N-dealkylation sites (N-methyl/N-ethyl adjacent to an activating group) is 2. The molecule has 2 atom stereocenters. The summed E-state index contributed by atoms with van der Waals surface area (Å²) < 4.78 is 38.4. The summed E-state index contributed by atoms with van der Waals surface area (Å²) in [5.74, 6) is 0. The number of hydrogen-bond donors (Lipinski definition) is 1. The molecule has 0 heterocycles. The molecule has 0 radical (unpaired) electrons. The van der Waals surface area contributed by atoms with Crippen LogP contribution in [0.1, 0.15) is 43.9 Å². The summed E-state index contributed by atoms with van der Waals surface area (Å²) in [6, 6.07) is 5.86. The first kappa shape index (κ1) is 18.0. The third kappa shape index (κ3) is 5.32. The SMILES string of the molecule is CCCC(C)N(C)CC(NC)c1cccc(C(F)(F)F)c1. The highest BCUT2D eigenvalue weighted by atomic mass is 19.4. The first-order valence-corrected chi connectivity index (χ1v) is 7.34. The Morgan fingerprint density at radius 1 is 1.29 bits per heavy atom. The van der Waals surface area contributed by atoms with Crippen molar-refractivity contribution in [1.29, 1.82) is 0 Å². The Balaban J connectivity index is 2.85. The van der Waals surface area contributed by atoms with Gasteiger partial charge >= 0.3 is 6.18 Å². The summed E-state index contributed by atoms with van der Waals surface area (Å²) in [5, 5.41) is 3.12. The topological polar surface area (TPSA) is 15.3 Å². The van der Waals surface area contributed by atoms with Gasteiger partial charge in [-0.25, -0.2) is 0 Å². The molecule has 0 amide bonds. The van der Waals surface area contributed by atoms with Crippen LogP contribution in [-0.2, 0) is 6.18 Å². The van der Waals surface area contributed by atoms with E-state index in [4.69, 9.17) is 0 Å². The smallest absolute Gasteiger partial charge is 0.312 e. The number of rotatable bonds is 7. The Morgan fingerprint density at radius 2 is 1.95 bits per heavy atom. The van der Waals surface area contributed by atoms with E-state index in [1.54, 1.807) is 13.1 Å². The van der Waals surface area contributed by atoms with Gasteiger partial charge in [0, 0.05) is 18.6 Å². The van der Waals surface area contributed by atoms with Gasteiger partial charge in [-0.15, -0.1) is 0 Å². The predicted octanol–water partition coefficient (Wildman–Crippen LogP) is 4.09. The van der Waals surface area contributed by atoms with Gasteiger partial charge in [-0.2, -0.15) is 13.2 Å². The van der Waals surface area contributed by atoms with Gasteiger partial charge in [-0.1, -0.05) is 25.5 Å². The highest BCUT2D eigenvalue weighted by molar-refractivity contribution is 5.28. The van der Waals surface area contributed by atoms with Crippen LogP contribution < -0.4 is 5.32 Å². The van der Waals surface area contributed by atoms with Crippen molar-refractivity contribution in [3.05, 3.63) is 35.4 Å². The van der Waals surface area contributed by atoms with Gasteiger partial charge in [0.15, 0.2) is 0 Å². The molecule has 120 valence electrons. The molecule has 1 N–H and O–H groups in total. The Kier molecular flexibility index (Phi) is 6.68. The van der Waals surface area contributed by atoms with Gasteiger partial charge in [0.05, 0.1) is 5.56 Å². The predicted molar refractivity (Wildman–Crippen MR) is 80.2 cm³/mol. The zero-order chi connectivity index (χ0) is 16.0. The second-order valence-electron chi connectivity index (χ2n) is 5.54. The van der Waals surface area contributed by atoms with Crippen LogP contribution in [0.3, 0.4) is 0 Å². The van der Waals surface area contributed by atoms with E-state index in [0.29, 0.717) is 18.2 Å². The van der Waals surface area contributed by atoms with Crippen molar-refractivity contribution < 1.29 is 13.2 Å². The van der Waals surface area contributed by atoms with Crippen LogP contribution in [-0.4, -0.2) is 31.6 Å². The number of benzene rings is 1. The maximum Gasteiger partial charge on any atom is 0.416 e. The van der Waals surface area contributed by atoms with E-state index < -0.39 is 11.7 Å². The quantitative estimate of drug-likeness (QED) is 0.816. The van der Waals surface area contributed by atoms with Crippen molar-refractivity contribution in [3.63, 3.8) is 0 Å². The Bertz CT molecular complexity index is 432. The summed E-state index contributed by atoms with van der Waals surface area (Å²) in [4.78, 5) is 2.19. The summed E-state index contributed by atoms with van der Waals surface area (Å²) in [7, 11) is 3.79. The standard InChI is InChI=1S/C16H25F3N2/c1-5-7-12(2)21(4)11-15(20-3)13-8-6-9-14(10-13)16(17,18)19/h6,8-10,12,15,20H,5,7,11H2,1-4H3. The number of halogens is 3.